The molecule has 3 rings (SSSR count). The minimum atomic E-state index is -0.497. The Hall–Kier alpha value is -3.92. The first-order chi connectivity index (χ1) is 15.8. The molecule has 2 aromatic rings. The SMILES string of the molecule is COc1ccc(C(=O)N/C(=C\c2ccc([N+](=O)[O-])cc2)C(=O)N2CCN(C)CC2)cc1OC. The molecule has 1 aliphatic heterocycles. The topological polar surface area (TPSA) is 114 Å². The van der Waals surface area contributed by atoms with Crippen molar-refractivity contribution in [2.75, 3.05) is 47.4 Å². The molecule has 1 N–H and O–H groups in total. The number of hydrogen-bond donors (Lipinski definition) is 1. The van der Waals surface area contributed by atoms with Crippen LogP contribution in [-0.2, 0) is 4.79 Å². The highest BCUT2D eigenvalue weighted by atomic mass is 16.6. The molecule has 10 nitrogen and oxygen atoms in total. The Morgan fingerprint density at radius 3 is 2.21 bits per heavy atom. The van der Waals surface area contributed by atoms with Gasteiger partial charge in [-0.05, 0) is 49.0 Å². The molecule has 0 atom stereocenters. The second kappa shape index (κ2) is 10.6. The number of nitrogens with one attached hydrogen (secondary N) is 1. The zero-order valence-electron chi connectivity index (χ0n) is 18.7. The summed E-state index contributed by atoms with van der Waals surface area (Å²) < 4.78 is 10.5. The molecule has 0 saturated carbocycles. The Balaban J connectivity index is 1.90. The van der Waals surface area contributed by atoms with Crippen LogP contribution < -0.4 is 14.8 Å². The van der Waals surface area contributed by atoms with Gasteiger partial charge in [0, 0.05) is 43.9 Å². The molecule has 2 aromatic carbocycles. The lowest BCUT2D eigenvalue weighted by atomic mass is 10.1. The van der Waals surface area contributed by atoms with Crippen LogP contribution in [-0.4, -0.2) is 74.0 Å². The summed E-state index contributed by atoms with van der Waals surface area (Å²) in [6, 6.07) is 10.4. The molecule has 1 heterocycles. The molecule has 10 heteroatoms. The van der Waals surface area contributed by atoms with Crippen molar-refractivity contribution < 1.29 is 24.0 Å². The molecule has 0 bridgehead atoms. The molecule has 1 aliphatic rings. The van der Waals surface area contributed by atoms with Crippen molar-refractivity contribution in [1.29, 1.82) is 0 Å². The largest absolute Gasteiger partial charge is 0.493 e. The number of amides is 2. The molecular formula is C23H26N4O6. The van der Waals surface area contributed by atoms with Gasteiger partial charge in [0.1, 0.15) is 5.70 Å². The number of nitrogens with zero attached hydrogens (tertiary/aromatic N) is 3. The number of piperazine rings is 1. The van der Waals surface area contributed by atoms with Gasteiger partial charge in [-0.15, -0.1) is 0 Å². The van der Waals surface area contributed by atoms with Crippen molar-refractivity contribution in [2.24, 2.45) is 0 Å². The first-order valence-corrected chi connectivity index (χ1v) is 10.3. The summed E-state index contributed by atoms with van der Waals surface area (Å²) in [4.78, 5) is 40.4. The predicted molar refractivity (Wildman–Crippen MR) is 122 cm³/mol. The number of non-ortho nitro benzene ring substituents is 1. The van der Waals surface area contributed by atoms with E-state index in [0.29, 0.717) is 30.2 Å². The van der Waals surface area contributed by atoms with Crippen LogP contribution in [0.4, 0.5) is 5.69 Å². The van der Waals surface area contributed by atoms with Crippen molar-refractivity contribution in [3.05, 3.63) is 69.4 Å². The fraction of sp³-hybridized carbons (Fsp3) is 0.304. The monoisotopic (exact) mass is 454 g/mol. The summed E-state index contributed by atoms with van der Waals surface area (Å²) in [6.07, 6.45) is 1.52. The van der Waals surface area contributed by atoms with Crippen LogP contribution >= 0.6 is 0 Å². The highest BCUT2D eigenvalue weighted by Crippen LogP contribution is 2.27. The third-order valence-corrected chi connectivity index (χ3v) is 5.33. The van der Waals surface area contributed by atoms with E-state index in [1.165, 1.54) is 50.6 Å². The third kappa shape index (κ3) is 5.86. The molecule has 0 unspecified atom stereocenters. The first-order valence-electron chi connectivity index (χ1n) is 10.3. The van der Waals surface area contributed by atoms with E-state index in [9.17, 15) is 19.7 Å². The maximum Gasteiger partial charge on any atom is 0.270 e. The second-order valence-corrected chi connectivity index (χ2v) is 7.53. The number of nitro benzene ring substituents is 1. The lowest BCUT2D eigenvalue weighted by Gasteiger charge is -2.33. The third-order valence-electron chi connectivity index (χ3n) is 5.33. The fourth-order valence-electron chi connectivity index (χ4n) is 3.36. The minimum absolute atomic E-state index is 0.0616. The number of ether oxygens (including phenoxy) is 2. The molecule has 0 radical (unpaired) electrons. The molecule has 0 spiro atoms. The van der Waals surface area contributed by atoms with E-state index in [1.54, 1.807) is 17.0 Å². The maximum atomic E-state index is 13.2. The standard InChI is InChI=1S/C23H26N4O6/c1-25-10-12-26(13-11-25)23(29)19(14-16-4-7-18(8-5-16)27(30)31)24-22(28)17-6-9-20(32-2)21(15-17)33-3/h4-9,14-15H,10-13H2,1-3H3,(H,24,28)/b19-14-. The van der Waals surface area contributed by atoms with Crippen molar-refractivity contribution in [1.82, 2.24) is 15.1 Å². The Kier molecular flexibility index (Phi) is 7.62. The number of nitro groups is 1. The van der Waals surface area contributed by atoms with Crippen molar-refractivity contribution in [2.45, 2.75) is 0 Å². The average molecular weight is 454 g/mol. The molecular weight excluding hydrogens is 428 g/mol. The Bertz CT molecular complexity index is 1060. The number of rotatable bonds is 7. The lowest BCUT2D eigenvalue weighted by Crippen LogP contribution is -2.49. The van der Waals surface area contributed by atoms with Gasteiger partial charge in [-0.25, -0.2) is 0 Å². The van der Waals surface area contributed by atoms with E-state index >= 15 is 0 Å². The Morgan fingerprint density at radius 1 is 1.00 bits per heavy atom. The van der Waals surface area contributed by atoms with Crippen LogP contribution in [0.5, 0.6) is 11.5 Å². The van der Waals surface area contributed by atoms with Crippen LogP contribution in [0.2, 0.25) is 0 Å². The van der Waals surface area contributed by atoms with Gasteiger partial charge in [0.25, 0.3) is 17.5 Å². The minimum Gasteiger partial charge on any atom is -0.493 e. The molecule has 1 fully saturated rings. The normalized spacial score (nSPS) is 14.5. The van der Waals surface area contributed by atoms with Gasteiger partial charge < -0.3 is 24.6 Å². The van der Waals surface area contributed by atoms with Gasteiger partial charge in [-0.2, -0.15) is 0 Å². The molecule has 174 valence electrons. The van der Waals surface area contributed by atoms with Gasteiger partial charge in [0.15, 0.2) is 11.5 Å². The van der Waals surface area contributed by atoms with Crippen LogP contribution in [0.3, 0.4) is 0 Å². The maximum absolute atomic E-state index is 13.2. The van der Waals surface area contributed by atoms with Crippen LogP contribution in [0, 0.1) is 10.1 Å². The van der Waals surface area contributed by atoms with E-state index < -0.39 is 10.8 Å². The van der Waals surface area contributed by atoms with Crippen molar-refractivity contribution in [3.8, 4) is 11.5 Å². The van der Waals surface area contributed by atoms with E-state index in [0.717, 1.165) is 13.1 Å². The zero-order valence-corrected chi connectivity index (χ0v) is 18.7. The number of carbonyl (C=O) groups excluding carboxylic acids is 2. The Labute approximate surface area is 191 Å². The first kappa shape index (κ1) is 23.7. The van der Waals surface area contributed by atoms with Gasteiger partial charge in [-0.1, -0.05) is 0 Å². The fourth-order valence-corrected chi connectivity index (χ4v) is 3.36. The van der Waals surface area contributed by atoms with E-state index in [4.69, 9.17) is 9.47 Å². The molecule has 1 saturated heterocycles. The summed E-state index contributed by atoms with van der Waals surface area (Å²) in [7, 11) is 4.95. The predicted octanol–water partition coefficient (Wildman–Crippen LogP) is 2.16. The van der Waals surface area contributed by atoms with Gasteiger partial charge in [0.05, 0.1) is 19.1 Å². The number of methoxy groups -OCH3 is 2. The van der Waals surface area contributed by atoms with Crippen molar-refractivity contribution >= 4 is 23.6 Å². The van der Waals surface area contributed by atoms with E-state index in [1.807, 2.05) is 7.05 Å². The summed E-state index contributed by atoms with van der Waals surface area (Å²) in [5, 5.41) is 13.6. The van der Waals surface area contributed by atoms with E-state index in [2.05, 4.69) is 10.2 Å². The summed E-state index contributed by atoms with van der Waals surface area (Å²) in [5.41, 5.74) is 0.848. The number of carbonyl (C=O) groups is 2. The smallest absolute Gasteiger partial charge is 0.270 e. The number of likely N-dealkylation sites (N-methyl/N-ethyl adjacent to an activating group) is 1. The van der Waals surface area contributed by atoms with E-state index in [-0.39, 0.29) is 22.9 Å². The van der Waals surface area contributed by atoms with Crippen LogP contribution in [0.25, 0.3) is 6.08 Å². The molecule has 0 aromatic heterocycles. The highest BCUT2D eigenvalue weighted by molar-refractivity contribution is 6.05. The lowest BCUT2D eigenvalue weighted by molar-refractivity contribution is -0.384. The zero-order chi connectivity index (χ0) is 24.0. The summed E-state index contributed by atoms with van der Waals surface area (Å²) in [6.45, 7) is 2.50. The van der Waals surface area contributed by atoms with Gasteiger partial charge >= 0.3 is 0 Å². The van der Waals surface area contributed by atoms with Crippen LogP contribution in [0.1, 0.15) is 15.9 Å². The van der Waals surface area contributed by atoms with Crippen molar-refractivity contribution in [3.63, 3.8) is 0 Å². The van der Waals surface area contributed by atoms with Gasteiger partial charge in [0.2, 0.25) is 0 Å². The summed E-state index contributed by atoms with van der Waals surface area (Å²) >= 11 is 0. The number of benzene rings is 2. The number of hydrogen-bond acceptors (Lipinski definition) is 7. The molecule has 0 aliphatic carbocycles. The molecule has 2 amide bonds. The second-order valence-electron chi connectivity index (χ2n) is 7.53. The molecule has 33 heavy (non-hydrogen) atoms. The Morgan fingerprint density at radius 2 is 1.64 bits per heavy atom. The van der Waals surface area contributed by atoms with Crippen LogP contribution in [0.15, 0.2) is 48.2 Å². The average Bonchev–Trinajstić information content (AvgIpc) is 2.83. The highest BCUT2D eigenvalue weighted by Gasteiger charge is 2.24. The van der Waals surface area contributed by atoms with Gasteiger partial charge in [-0.3, -0.25) is 19.7 Å². The summed E-state index contributed by atoms with van der Waals surface area (Å²) in [5.74, 6) is 0.0440. The quantitative estimate of drug-likeness (QED) is 0.387.